The van der Waals surface area contributed by atoms with E-state index in [2.05, 4.69) is 62.4 Å². The fraction of sp³-hybridized carbons (Fsp3) is 0.429. The predicted molar refractivity (Wildman–Crippen MR) is 102 cm³/mol. The van der Waals surface area contributed by atoms with Crippen LogP contribution in [-0.4, -0.2) is 46.8 Å². The highest BCUT2D eigenvalue weighted by Gasteiger charge is 2.16. The van der Waals surface area contributed by atoms with Crippen molar-refractivity contribution in [2.75, 3.05) is 27.2 Å². The summed E-state index contributed by atoms with van der Waals surface area (Å²) in [4.78, 5) is 8.20. The molecule has 0 amide bonds. The molecule has 0 bridgehead atoms. The lowest BCUT2D eigenvalue weighted by Gasteiger charge is -2.22. The van der Waals surface area contributed by atoms with Gasteiger partial charge < -0.3 is 19.6 Å². The Morgan fingerprint density at radius 1 is 0.720 bits per heavy atom. The molecule has 0 spiro atoms. The van der Waals surface area contributed by atoms with E-state index in [9.17, 15) is 0 Å². The molecule has 0 aliphatic carbocycles. The molecule has 4 radical (unpaired) electrons. The Morgan fingerprint density at radius 2 is 1.16 bits per heavy atom. The van der Waals surface area contributed by atoms with Gasteiger partial charge in [0.05, 0.1) is 0 Å². The number of benzene rings is 1. The number of aryl methyl sites for hydroxylation is 2. The van der Waals surface area contributed by atoms with Gasteiger partial charge in [0.1, 0.15) is 0 Å². The fourth-order valence-electron chi connectivity index (χ4n) is 3.66. The first-order chi connectivity index (χ1) is 11.9. The van der Waals surface area contributed by atoms with Gasteiger partial charge in [-0.1, -0.05) is 6.07 Å². The maximum Gasteiger partial charge on any atom is 0.207 e. The molecule has 0 saturated carbocycles. The summed E-state index contributed by atoms with van der Waals surface area (Å²) in [6.45, 7) is 15.2. The Bertz CT molecular complexity index is 623. The van der Waals surface area contributed by atoms with E-state index in [0.717, 1.165) is 25.9 Å². The topological polar surface area (TPSA) is 13.0 Å². The Hall–Kier alpha value is -2.10. The third-order valence-corrected chi connectivity index (χ3v) is 5.01. The van der Waals surface area contributed by atoms with Crippen molar-refractivity contribution >= 4 is 0 Å². The number of hydrogen-bond donors (Lipinski definition) is 0. The SMILES string of the molecule is Cc1cc(C)c(CCN2[C]N(C)C=C2)c(C)c1CCN1[C]N(C)C=C1. The summed E-state index contributed by atoms with van der Waals surface area (Å²) in [6.07, 6.45) is 10.3. The van der Waals surface area contributed by atoms with Crippen LogP contribution in [0.25, 0.3) is 0 Å². The zero-order chi connectivity index (χ0) is 18.0. The van der Waals surface area contributed by atoms with Gasteiger partial charge in [0, 0.05) is 52.0 Å². The Balaban J connectivity index is 1.68. The molecule has 2 aliphatic rings. The van der Waals surface area contributed by atoms with Crippen LogP contribution >= 0.6 is 0 Å². The van der Waals surface area contributed by atoms with Crippen molar-refractivity contribution in [2.45, 2.75) is 33.6 Å². The molecule has 0 N–H and O–H groups in total. The minimum Gasteiger partial charge on any atom is -0.349 e. The van der Waals surface area contributed by atoms with Gasteiger partial charge in [0.15, 0.2) is 0 Å². The first-order valence-corrected chi connectivity index (χ1v) is 8.91. The maximum atomic E-state index is 3.28. The quantitative estimate of drug-likeness (QED) is 0.791. The van der Waals surface area contributed by atoms with E-state index in [1.165, 1.54) is 27.8 Å². The van der Waals surface area contributed by atoms with E-state index in [1.54, 1.807) is 0 Å². The summed E-state index contributed by atoms with van der Waals surface area (Å²) in [6, 6.07) is 2.34. The van der Waals surface area contributed by atoms with Crippen molar-refractivity contribution < 1.29 is 0 Å². The number of nitrogens with zero attached hydrogens (tertiary/aromatic N) is 4. The molecular formula is C21H28N4. The molecule has 1 aromatic carbocycles. The van der Waals surface area contributed by atoms with Gasteiger partial charge in [-0.15, -0.1) is 0 Å². The van der Waals surface area contributed by atoms with E-state index >= 15 is 0 Å². The smallest absolute Gasteiger partial charge is 0.207 e. The van der Waals surface area contributed by atoms with E-state index in [-0.39, 0.29) is 0 Å². The van der Waals surface area contributed by atoms with E-state index in [4.69, 9.17) is 0 Å². The molecule has 2 aliphatic heterocycles. The Labute approximate surface area is 153 Å². The third-order valence-electron chi connectivity index (χ3n) is 5.01. The zero-order valence-corrected chi connectivity index (χ0v) is 16.0. The van der Waals surface area contributed by atoms with E-state index in [0.29, 0.717) is 0 Å². The van der Waals surface area contributed by atoms with Crippen molar-refractivity contribution in [2.24, 2.45) is 0 Å². The molecule has 4 nitrogen and oxygen atoms in total. The third kappa shape index (κ3) is 4.12. The van der Waals surface area contributed by atoms with E-state index < -0.39 is 0 Å². The Morgan fingerprint density at radius 3 is 1.52 bits per heavy atom. The summed E-state index contributed by atoms with van der Waals surface area (Å²) in [5.74, 6) is 0. The van der Waals surface area contributed by atoms with Crippen LogP contribution in [0.5, 0.6) is 0 Å². The molecule has 2 heterocycles. The molecule has 1 aromatic rings. The molecule has 0 saturated heterocycles. The van der Waals surface area contributed by atoms with Crippen molar-refractivity contribution in [3.8, 4) is 0 Å². The summed E-state index contributed by atoms with van der Waals surface area (Å²) in [7, 11) is 4.02. The lowest BCUT2D eigenvalue weighted by atomic mass is 9.90. The summed E-state index contributed by atoms with van der Waals surface area (Å²) in [5, 5.41) is 0. The second-order valence-corrected chi connectivity index (χ2v) is 7.00. The largest absolute Gasteiger partial charge is 0.349 e. The van der Waals surface area contributed by atoms with Gasteiger partial charge in [-0.2, -0.15) is 0 Å². The molecule has 0 atom stereocenters. The van der Waals surface area contributed by atoms with Gasteiger partial charge in [-0.05, 0) is 61.4 Å². The molecule has 132 valence electrons. The van der Waals surface area contributed by atoms with Gasteiger partial charge >= 0.3 is 0 Å². The lowest BCUT2D eigenvalue weighted by Crippen LogP contribution is -2.21. The van der Waals surface area contributed by atoms with Crippen molar-refractivity contribution in [1.82, 2.24) is 19.6 Å². The standard InChI is InChI=1S/C21H28N4/c1-17-14-18(2)21(7-9-25-13-11-23(5)16-25)19(3)20(17)6-8-24-12-10-22(4)15-24/h10-14H,6-9H2,1-5H3. The van der Waals surface area contributed by atoms with Crippen molar-refractivity contribution in [3.05, 3.63) is 72.0 Å². The predicted octanol–water partition coefficient (Wildman–Crippen LogP) is 3.13. The molecule has 0 unspecified atom stereocenters. The molecule has 3 rings (SSSR count). The second kappa shape index (κ2) is 7.42. The molecular weight excluding hydrogens is 308 g/mol. The monoisotopic (exact) mass is 336 g/mol. The Kier molecular flexibility index (Phi) is 5.26. The molecule has 0 fully saturated rings. The highest BCUT2D eigenvalue weighted by atomic mass is 15.3. The van der Waals surface area contributed by atoms with E-state index in [1.807, 2.05) is 36.3 Å². The van der Waals surface area contributed by atoms with Gasteiger partial charge in [-0.3, -0.25) is 0 Å². The average Bonchev–Trinajstić information content (AvgIpc) is 3.15. The fourth-order valence-corrected chi connectivity index (χ4v) is 3.66. The zero-order valence-electron chi connectivity index (χ0n) is 16.0. The van der Waals surface area contributed by atoms with Crippen LogP contribution in [-0.2, 0) is 12.8 Å². The minimum absolute atomic E-state index is 0.965. The lowest BCUT2D eigenvalue weighted by molar-refractivity contribution is 0.380. The van der Waals surface area contributed by atoms with Crippen molar-refractivity contribution in [1.29, 1.82) is 0 Å². The summed E-state index contributed by atoms with van der Waals surface area (Å²) >= 11 is 0. The summed E-state index contributed by atoms with van der Waals surface area (Å²) in [5.41, 5.74) is 7.20. The first kappa shape index (κ1) is 17.7. The molecule has 4 heteroatoms. The first-order valence-electron chi connectivity index (χ1n) is 8.91. The van der Waals surface area contributed by atoms with Crippen molar-refractivity contribution in [3.63, 3.8) is 0 Å². The van der Waals surface area contributed by atoms with Crippen LogP contribution in [0.3, 0.4) is 0 Å². The highest BCUT2D eigenvalue weighted by Crippen LogP contribution is 2.25. The number of hydrogen-bond acceptors (Lipinski definition) is 4. The molecule has 25 heavy (non-hydrogen) atoms. The van der Waals surface area contributed by atoms with Crippen LogP contribution in [0, 0.1) is 34.1 Å². The van der Waals surface area contributed by atoms with Gasteiger partial charge in [-0.25, -0.2) is 0 Å². The molecule has 0 aromatic heterocycles. The van der Waals surface area contributed by atoms with Crippen LogP contribution in [0.15, 0.2) is 30.9 Å². The number of rotatable bonds is 6. The second-order valence-electron chi connectivity index (χ2n) is 7.00. The minimum atomic E-state index is 0.965. The van der Waals surface area contributed by atoms with Gasteiger partial charge in [0.25, 0.3) is 0 Å². The maximum absolute atomic E-state index is 3.28. The summed E-state index contributed by atoms with van der Waals surface area (Å²) < 4.78 is 0. The average molecular weight is 336 g/mol. The highest BCUT2D eigenvalue weighted by molar-refractivity contribution is 5.45. The normalized spacial score (nSPS) is 16.7. The van der Waals surface area contributed by atoms with Crippen LogP contribution < -0.4 is 0 Å². The van der Waals surface area contributed by atoms with Gasteiger partial charge in [0.2, 0.25) is 13.3 Å². The van der Waals surface area contributed by atoms with Crippen LogP contribution in [0.2, 0.25) is 0 Å². The van der Waals surface area contributed by atoms with Crippen LogP contribution in [0.1, 0.15) is 27.8 Å². The van der Waals surface area contributed by atoms with Crippen LogP contribution in [0.4, 0.5) is 0 Å².